The molecule has 1 aliphatic heterocycles. The van der Waals surface area contributed by atoms with Crippen LogP contribution in [0, 0.1) is 11.8 Å². The summed E-state index contributed by atoms with van der Waals surface area (Å²) in [7, 11) is 0. The predicted octanol–water partition coefficient (Wildman–Crippen LogP) is -1.69. The number of nitrogens with two attached hydrogens (primary N) is 1. The van der Waals surface area contributed by atoms with Crippen molar-refractivity contribution in [3.05, 3.63) is 22.6 Å². The molecule has 4 atom stereocenters. The number of aliphatic hydroxyl groups excluding tert-OH is 2. The average molecular weight is 320 g/mol. The van der Waals surface area contributed by atoms with Crippen LogP contribution in [0.2, 0.25) is 0 Å². The standard InChI is InChI=1S/C14H16N4O5/c1-2-4-14(22)9(20)8(6-19)23-12(14)18-5-3-7-10(18)16-13(15)17-11(7)21/h3,5,8-9,12,19-20,22H,6H2,1H3,(H3,15,16,17,21)/t8-,9?,12-,14-/m1/s1. The van der Waals surface area contributed by atoms with Crippen LogP contribution in [0.1, 0.15) is 13.2 Å². The topological polar surface area (TPSA) is 147 Å². The summed E-state index contributed by atoms with van der Waals surface area (Å²) < 4.78 is 6.91. The zero-order valence-electron chi connectivity index (χ0n) is 12.2. The van der Waals surface area contributed by atoms with Crippen molar-refractivity contribution in [3.63, 3.8) is 0 Å². The number of ether oxygens (including phenoxy) is 1. The lowest BCUT2D eigenvalue weighted by Gasteiger charge is -2.26. The van der Waals surface area contributed by atoms with Gasteiger partial charge in [-0.15, -0.1) is 5.92 Å². The number of fused-ring (bicyclic) bond motifs is 1. The number of aromatic amines is 1. The summed E-state index contributed by atoms with van der Waals surface area (Å²) in [5, 5.41) is 30.5. The van der Waals surface area contributed by atoms with Gasteiger partial charge in [-0.3, -0.25) is 9.78 Å². The SMILES string of the molecule is CC#C[C@@]1(O)C(O)[C@@H](CO)O[C@H]1n1ccc2c(=O)[nH]c(N)nc21. The molecule has 9 nitrogen and oxygen atoms in total. The maximum Gasteiger partial charge on any atom is 0.261 e. The number of rotatable bonds is 2. The van der Waals surface area contributed by atoms with Gasteiger partial charge >= 0.3 is 0 Å². The molecule has 2 aromatic rings. The van der Waals surface area contributed by atoms with Gasteiger partial charge in [0.15, 0.2) is 17.5 Å². The molecular formula is C14H16N4O5. The molecule has 0 radical (unpaired) electrons. The monoisotopic (exact) mass is 320 g/mol. The van der Waals surface area contributed by atoms with E-state index in [1.807, 2.05) is 0 Å². The molecule has 23 heavy (non-hydrogen) atoms. The van der Waals surface area contributed by atoms with Crippen molar-refractivity contribution >= 4 is 17.0 Å². The summed E-state index contributed by atoms with van der Waals surface area (Å²) in [6.07, 6.45) is -2.14. The molecule has 6 N–H and O–H groups in total. The zero-order chi connectivity index (χ0) is 16.8. The van der Waals surface area contributed by atoms with Crippen LogP contribution in [0.15, 0.2) is 17.1 Å². The molecule has 3 heterocycles. The second kappa shape index (κ2) is 5.36. The molecule has 0 saturated carbocycles. The van der Waals surface area contributed by atoms with Crippen molar-refractivity contribution < 1.29 is 20.1 Å². The van der Waals surface area contributed by atoms with Crippen LogP contribution >= 0.6 is 0 Å². The predicted molar refractivity (Wildman–Crippen MR) is 80.2 cm³/mol. The molecule has 2 aromatic heterocycles. The van der Waals surface area contributed by atoms with Gasteiger partial charge in [0.05, 0.1) is 12.0 Å². The van der Waals surface area contributed by atoms with Crippen LogP contribution in [-0.4, -0.2) is 54.3 Å². The number of nitrogens with zero attached hydrogens (tertiary/aromatic N) is 2. The lowest BCUT2D eigenvalue weighted by molar-refractivity contribution is -0.0719. The number of aliphatic hydroxyl groups is 3. The van der Waals surface area contributed by atoms with E-state index in [0.29, 0.717) is 0 Å². The van der Waals surface area contributed by atoms with Gasteiger partial charge in [0.25, 0.3) is 5.56 Å². The molecule has 1 saturated heterocycles. The Morgan fingerprint density at radius 2 is 2.35 bits per heavy atom. The summed E-state index contributed by atoms with van der Waals surface area (Å²) in [5.41, 5.74) is 3.34. The molecule has 1 fully saturated rings. The second-order valence-electron chi connectivity index (χ2n) is 5.27. The van der Waals surface area contributed by atoms with Gasteiger partial charge in [0, 0.05) is 6.20 Å². The molecule has 3 rings (SSSR count). The van der Waals surface area contributed by atoms with E-state index < -0.39 is 36.2 Å². The number of nitrogens with one attached hydrogen (secondary N) is 1. The maximum absolute atomic E-state index is 11.9. The molecule has 122 valence electrons. The summed E-state index contributed by atoms with van der Waals surface area (Å²) >= 11 is 0. The summed E-state index contributed by atoms with van der Waals surface area (Å²) in [5.74, 6) is 4.97. The number of anilines is 1. The van der Waals surface area contributed by atoms with Crippen LogP contribution in [0.3, 0.4) is 0 Å². The Bertz CT molecular complexity index is 863. The van der Waals surface area contributed by atoms with E-state index in [9.17, 15) is 20.1 Å². The van der Waals surface area contributed by atoms with Crippen LogP contribution in [0.5, 0.6) is 0 Å². The molecule has 0 bridgehead atoms. The third kappa shape index (κ3) is 2.20. The Morgan fingerprint density at radius 3 is 3.00 bits per heavy atom. The smallest absolute Gasteiger partial charge is 0.261 e. The Morgan fingerprint density at radius 1 is 1.61 bits per heavy atom. The van der Waals surface area contributed by atoms with Crippen molar-refractivity contribution in [2.75, 3.05) is 12.3 Å². The van der Waals surface area contributed by atoms with Crippen LogP contribution < -0.4 is 11.3 Å². The molecule has 0 aromatic carbocycles. The first-order chi connectivity index (χ1) is 10.9. The highest BCUT2D eigenvalue weighted by Crippen LogP contribution is 2.39. The summed E-state index contributed by atoms with van der Waals surface area (Å²) in [4.78, 5) is 18.3. The lowest BCUT2D eigenvalue weighted by atomic mass is 9.94. The molecule has 0 spiro atoms. The van der Waals surface area contributed by atoms with Crippen molar-refractivity contribution in [3.8, 4) is 11.8 Å². The van der Waals surface area contributed by atoms with E-state index in [0.717, 1.165) is 0 Å². The minimum atomic E-state index is -1.97. The quantitative estimate of drug-likeness (QED) is 0.415. The van der Waals surface area contributed by atoms with E-state index >= 15 is 0 Å². The Kier molecular flexibility index (Phi) is 3.62. The fourth-order valence-electron chi connectivity index (χ4n) is 2.78. The molecule has 1 aliphatic rings. The first kappa shape index (κ1) is 15.5. The zero-order valence-corrected chi connectivity index (χ0v) is 12.2. The Hall–Kier alpha value is -2.38. The molecule has 1 unspecified atom stereocenters. The Labute approximate surface area is 130 Å². The number of hydrogen-bond acceptors (Lipinski definition) is 7. The molecule has 9 heteroatoms. The van der Waals surface area contributed by atoms with Crippen LogP contribution in [0.4, 0.5) is 5.95 Å². The van der Waals surface area contributed by atoms with Gasteiger partial charge in [0.2, 0.25) is 5.95 Å². The van der Waals surface area contributed by atoms with Gasteiger partial charge in [-0.1, -0.05) is 5.92 Å². The highest BCUT2D eigenvalue weighted by Gasteiger charge is 2.55. The lowest BCUT2D eigenvalue weighted by Crippen LogP contribution is -2.45. The number of nitrogen functional groups attached to an aromatic ring is 1. The summed E-state index contributed by atoms with van der Waals surface area (Å²) in [6.45, 7) is 1.00. The van der Waals surface area contributed by atoms with Gasteiger partial charge in [0.1, 0.15) is 12.2 Å². The second-order valence-corrected chi connectivity index (χ2v) is 5.27. The van der Waals surface area contributed by atoms with Crippen LogP contribution in [-0.2, 0) is 4.74 Å². The van der Waals surface area contributed by atoms with E-state index in [-0.39, 0.29) is 17.0 Å². The minimum absolute atomic E-state index is 0.0928. The minimum Gasteiger partial charge on any atom is -0.394 e. The summed E-state index contributed by atoms with van der Waals surface area (Å²) in [6, 6.07) is 1.49. The van der Waals surface area contributed by atoms with E-state index in [2.05, 4.69) is 21.8 Å². The van der Waals surface area contributed by atoms with E-state index in [1.165, 1.54) is 23.8 Å². The third-order valence-electron chi connectivity index (χ3n) is 3.84. The number of hydrogen-bond donors (Lipinski definition) is 5. The van der Waals surface area contributed by atoms with Crippen molar-refractivity contribution in [1.29, 1.82) is 0 Å². The largest absolute Gasteiger partial charge is 0.394 e. The van der Waals surface area contributed by atoms with Gasteiger partial charge < -0.3 is 30.4 Å². The molecule has 0 aliphatic carbocycles. The highest BCUT2D eigenvalue weighted by molar-refractivity contribution is 5.76. The van der Waals surface area contributed by atoms with Crippen molar-refractivity contribution in [2.45, 2.75) is 31.0 Å². The first-order valence-electron chi connectivity index (χ1n) is 6.89. The average Bonchev–Trinajstić information content (AvgIpc) is 3.01. The van der Waals surface area contributed by atoms with Gasteiger partial charge in [-0.05, 0) is 13.0 Å². The van der Waals surface area contributed by atoms with E-state index in [1.54, 1.807) is 0 Å². The van der Waals surface area contributed by atoms with Gasteiger partial charge in [-0.25, -0.2) is 0 Å². The fourth-order valence-corrected chi connectivity index (χ4v) is 2.78. The normalized spacial score (nSPS) is 30.3. The van der Waals surface area contributed by atoms with Gasteiger partial charge in [-0.2, -0.15) is 4.98 Å². The number of H-pyrrole nitrogens is 1. The maximum atomic E-state index is 11.9. The highest BCUT2D eigenvalue weighted by atomic mass is 16.6. The third-order valence-corrected chi connectivity index (χ3v) is 3.84. The first-order valence-corrected chi connectivity index (χ1v) is 6.89. The van der Waals surface area contributed by atoms with E-state index in [4.69, 9.17) is 10.5 Å². The van der Waals surface area contributed by atoms with Crippen molar-refractivity contribution in [1.82, 2.24) is 14.5 Å². The number of aromatic nitrogens is 3. The Balaban J connectivity index is 2.20. The fraction of sp³-hybridized carbons (Fsp3) is 0.429. The van der Waals surface area contributed by atoms with Crippen molar-refractivity contribution in [2.24, 2.45) is 0 Å². The molecule has 0 amide bonds. The van der Waals surface area contributed by atoms with Crippen LogP contribution in [0.25, 0.3) is 11.0 Å². The molecular weight excluding hydrogens is 304 g/mol.